The van der Waals surface area contributed by atoms with E-state index in [0.717, 1.165) is 22.2 Å². The lowest BCUT2D eigenvalue weighted by atomic mass is 10.1. The number of carbonyl (C=O) groups excluding carboxylic acids is 2. The van der Waals surface area contributed by atoms with E-state index in [0.29, 0.717) is 43.1 Å². The van der Waals surface area contributed by atoms with Crippen LogP contribution in [-0.4, -0.2) is 41.4 Å². The van der Waals surface area contributed by atoms with E-state index in [2.05, 4.69) is 10.3 Å². The van der Waals surface area contributed by atoms with E-state index in [1.807, 2.05) is 53.4 Å². The summed E-state index contributed by atoms with van der Waals surface area (Å²) in [6, 6.07) is 15.2. The average Bonchev–Trinajstić information content (AvgIpc) is 3.01. The molecule has 0 radical (unpaired) electrons. The van der Waals surface area contributed by atoms with Gasteiger partial charge in [0.05, 0.1) is 12.1 Å². The predicted octanol–water partition coefficient (Wildman–Crippen LogP) is 4.14. The molecule has 3 aromatic rings. The molecule has 2 amide bonds. The molecule has 0 aliphatic carbocycles. The molecule has 0 saturated carbocycles. The van der Waals surface area contributed by atoms with Gasteiger partial charge in [-0.15, -0.1) is 0 Å². The van der Waals surface area contributed by atoms with Crippen molar-refractivity contribution in [2.75, 3.05) is 13.7 Å². The van der Waals surface area contributed by atoms with Crippen LogP contribution in [0.3, 0.4) is 0 Å². The van der Waals surface area contributed by atoms with Gasteiger partial charge in [-0.3, -0.25) is 9.59 Å². The number of ether oxygens (including phenoxy) is 1. The maximum absolute atomic E-state index is 12.8. The first-order chi connectivity index (χ1) is 14.5. The Labute approximate surface area is 180 Å². The minimum absolute atomic E-state index is 0.0840. The van der Waals surface area contributed by atoms with Gasteiger partial charge in [-0.25, -0.2) is 0 Å². The molecule has 1 aromatic heterocycles. The number of methoxy groups -OCH3 is 1. The Morgan fingerprint density at radius 3 is 2.87 bits per heavy atom. The van der Waals surface area contributed by atoms with Crippen LogP contribution >= 0.6 is 11.6 Å². The number of halogens is 1. The molecule has 0 spiro atoms. The quantitative estimate of drug-likeness (QED) is 0.645. The van der Waals surface area contributed by atoms with Gasteiger partial charge in [0.25, 0.3) is 5.91 Å². The maximum Gasteiger partial charge on any atom is 0.269 e. The zero-order chi connectivity index (χ0) is 21.1. The van der Waals surface area contributed by atoms with Gasteiger partial charge in [-0.1, -0.05) is 41.9 Å². The minimum Gasteiger partial charge on any atom is -0.497 e. The second-order valence-electron chi connectivity index (χ2n) is 7.52. The van der Waals surface area contributed by atoms with Crippen molar-refractivity contribution < 1.29 is 14.3 Å². The fourth-order valence-electron chi connectivity index (χ4n) is 3.86. The molecular weight excluding hydrogens is 402 g/mol. The van der Waals surface area contributed by atoms with Gasteiger partial charge in [-0.05, 0) is 36.6 Å². The monoisotopic (exact) mass is 425 g/mol. The third-order valence-electron chi connectivity index (χ3n) is 5.52. The lowest BCUT2D eigenvalue weighted by molar-refractivity contribution is -0.131. The first kappa shape index (κ1) is 20.3. The van der Waals surface area contributed by atoms with E-state index in [-0.39, 0.29) is 17.9 Å². The molecule has 1 aliphatic heterocycles. The highest BCUT2D eigenvalue weighted by Gasteiger charge is 2.25. The van der Waals surface area contributed by atoms with Crippen molar-refractivity contribution in [3.05, 3.63) is 64.8 Å². The van der Waals surface area contributed by atoms with Crippen LogP contribution in [0.1, 0.15) is 35.3 Å². The topological polar surface area (TPSA) is 74.4 Å². The number of hydrogen-bond acceptors (Lipinski definition) is 3. The minimum atomic E-state index is -0.241. The molecule has 2 heterocycles. The van der Waals surface area contributed by atoms with Gasteiger partial charge < -0.3 is 19.9 Å². The van der Waals surface area contributed by atoms with Crippen LogP contribution in [0, 0.1) is 0 Å². The van der Waals surface area contributed by atoms with Gasteiger partial charge in [0.1, 0.15) is 11.4 Å². The Balaban J connectivity index is 1.41. The Morgan fingerprint density at radius 2 is 2.07 bits per heavy atom. The standard InChI is InChI=1S/C23H24ClN3O3/c1-30-17-6-4-5-15(13-17)14-27-12-11-16(9-10-20(27)28)25-23(29)22-21(24)18-7-2-3-8-19(18)26-22/h2-8,13,16,26H,9-12,14H2,1H3,(H,25,29). The smallest absolute Gasteiger partial charge is 0.269 e. The molecule has 1 fully saturated rings. The van der Waals surface area contributed by atoms with Crippen molar-refractivity contribution >= 4 is 34.3 Å². The summed E-state index contributed by atoms with van der Waals surface area (Å²) in [5.74, 6) is 0.628. The lowest BCUT2D eigenvalue weighted by Gasteiger charge is -2.21. The normalized spacial score (nSPS) is 17.1. The van der Waals surface area contributed by atoms with Crippen molar-refractivity contribution in [2.45, 2.75) is 31.8 Å². The van der Waals surface area contributed by atoms with Crippen LogP contribution in [-0.2, 0) is 11.3 Å². The lowest BCUT2D eigenvalue weighted by Crippen LogP contribution is -2.36. The number of amides is 2. The molecule has 6 nitrogen and oxygen atoms in total. The van der Waals surface area contributed by atoms with Crippen LogP contribution in [0.25, 0.3) is 10.9 Å². The predicted molar refractivity (Wildman–Crippen MR) is 117 cm³/mol. The Bertz CT molecular complexity index is 1080. The summed E-state index contributed by atoms with van der Waals surface area (Å²) in [5.41, 5.74) is 2.21. The summed E-state index contributed by atoms with van der Waals surface area (Å²) in [5, 5.41) is 4.29. The highest BCUT2D eigenvalue weighted by atomic mass is 35.5. The van der Waals surface area contributed by atoms with E-state index in [1.54, 1.807) is 7.11 Å². The summed E-state index contributed by atoms with van der Waals surface area (Å²) in [6.07, 6.45) is 1.70. The molecule has 1 unspecified atom stereocenters. The Kier molecular flexibility index (Phi) is 5.95. The number of para-hydroxylation sites is 1. The molecule has 2 aromatic carbocycles. The number of H-pyrrole nitrogens is 1. The van der Waals surface area contributed by atoms with Gasteiger partial charge in [-0.2, -0.15) is 0 Å². The molecule has 0 bridgehead atoms. The van der Waals surface area contributed by atoms with E-state index in [9.17, 15) is 9.59 Å². The van der Waals surface area contributed by atoms with Crippen molar-refractivity contribution in [3.63, 3.8) is 0 Å². The first-order valence-corrected chi connectivity index (χ1v) is 10.4. The van der Waals surface area contributed by atoms with Crippen LogP contribution in [0.4, 0.5) is 0 Å². The second kappa shape index (κ2) is 8.79. The number of fused-ring (bicyclic) bond motifs is 1. The molecule has 4 rings (SSSR count). The van der Waals surface area contributed by atoms with Crippen molar-refractivity contribution in [3.8, 4) is 5.75 Å². The number of aromatic amines is 1. The van der Waals surface area contributed by atoms with Crippen LogP contribution in [0.15, 0.2) is 48.5 Å². The van der Waals surface area contributed by atoms with Crippen LogP contribution < -0.4 is 10.1 Å². The first-order valence-electron chi connectivity index (χ1n) is 10.0. The van der Waals surface area contributed by atoms with E-state index < -0.39 is 0 Å². The number of carbonyl (C=O) groups is 2. The van der Waals surface area contributed by atoms with Crippen LogP contribution in [0.2, 0.25) is 5.02 Å². The number of nitrogens with zero attached hydrogens (tertiary/aromatic N) is 1. The van der Waals surface area contributed by atoms with Crippen molar-refractivity contribution in [1.29, 1.82) is 0 Å². The second-order valence-corrected chi connectivity index (χ2v) is 7.90. The molecule has 2 N–H and O–H groups in total. The third kappa shape index (κ3) is 4.28. The molecule has 156 valence electrons. The summed E-state index contributed by atoms with van der Waals surface area (Å²) in [6.45, 7) is 1.12. The fourth-order valence-corrected chi connectivity index (χ4v) is 4.16. The van der Waals surface area contributed by atoms with Crippen molar-refractivity contribution in [1.82, 2.24) is 15.2 Å². The van der Waals surface area contributed by atoms with E-state index >= 15 is 0 Å². The largest absolute Gasteiger partial charge is 0.497 e. The molecule has 30 heavy (non-hydrogen) atoms. The van der Waals surface area contributed by atoms with E-state index in [4.69, 9.17) is 16.3 Å². The molecule has 1 atom stereocenters. The number of nitrogens with one attached hydrogen (secondary N) is 2. The van der Waals surface area contributed by atoms with Gasteiger partial charge in [0.2, 0.25) is 5.91 Å². The molecule has 1 aliphatic rings. The highest BCUT2D eigenvalue weighted by molar-refractivity contribution is 6.38. The number of hydrogen-bond donors (Lipinski definition) is 2. The Morgan fingerprint density at radius 1 is 1.23 bits per heavy atom. The number of rotatable bonds is 5. The number of aromatic nitrogens is 1. The highest BCUT2D eigenvalue weighted by Crippen LogP contribution is 2.27. The zero-order valence-electron chi connectivity index (χ0n) is 16.8. The zero-order valence-corrected chi connectivity index (χ0v) is 17.5. The Hall–Kier alpha value is -2.99. The number of benzene rings is 2. The molecular formula is C23H24ClN3O3. The average molecular weight is 426 g/mol. The number of likely N-dealkylation sites (tertiary alicyclic amines) is 1. The van der Waals surface area contributed by atoms with E-state index in [1.165, 1.54) is 0 Å². The molecule has 1 saturated heterocycles. The van der Waals surface area contributed by atoms with Crippen LogP contribution in [0.5, 0.6) is 5.75 Å². The summed E-state index contributed by atoms with van der Waals surface area (Å²) in [4.78, 5) is 30.3. The maximum atomic E-state index is 12.8. The van der Waals surface area contributed by atoms with Crippen molar-refractivity contribution in [2.24, 2.45) is 0 Å². The fraction of sp³-hybridized carbons (Fsp3) is 0.304. The summed E-state index contributed by atoms with van der Waals surface area (Å²) in [7, 11) is 1.63. The van der Waals surface area contributed by atoms with Gasteiger partial charge in [0, 0.05) is 36.5 Å². The third-order valence-corrected chi connectivity index (χ3v) is 5.91. The molecule has 7 heteroatoms. The van der Waals surface area contributed by atoms with Gasteiger partial charge in [0.15, 0.2) is 0 Å². The van der Waals surface area contributed by atoms with Gasteiger partial charge >= 0.3 is 0 Å². The SMILES string of the molecule is COc1cccc(CN2CCC(NC(=O)c3[nH]c4ccccc4c3Cl)CCC2=O)c1. The summed E-state index contributed by atoms with van der Waals surface area (Å²) >= 11 is 6.40. The summed E-state index contributed by atoms with van der Waals surface area (Å²) < 4.78 is 5.27.